The van der Waals surface area contributed by atoms with Crippen molar-refractivity contribution >= 4 is 11.7 Å². The summed E-state index contributed by atoms with van der Waals surface area (Å²) in [5.41, 5.74) is 2.21. The maximum absolute atomic E-state index is 14.5. The molecule has 6 rings (SSSR count). The number of pyridine rings is 1. The van der Waals surface area contributed by atoms with Gasteiger partial charge in [0.05, 0.1) is 17.5 Å². The molecule has 2 aromatic heterocycles. The molecule has 2 aliphatic heterocycles. The number of hydrogen-bond acceptors (Lipinski definition) is 9. The molecule has 13 heteroatoms. The summed E-state index contributed by atoms with van der Waals surface area (Å²) in [5, 5.41) is 3.65. The third-order valence-corrected chi connectivity index (χ3v) is 9.34. The molecule has 1 aromatic carbocycles. The van der Waals surface area contributed by atoms with E-state index < -0.39 is 36.5 Å². The van der Waals surface area contributed by atoms with Gasteiger partial charge in [-0.2, -0.15) is 0 Å². The van der Waals surface area contributed by atoms with Crippen molar-refractivity contribution in [3.8, 4) is 17.2 Å². The Morgan fingerprint density at radius 1 is 1.10 bits per heavy atom. The molecule has 48 heavy (non-hydrogen) atoms. The average molecular weight is 668 g/mol. The van der Waals surface area contributed by atoms with Crippen molar-refractivity contribution in [3.63, 3.8) is 0 Å². The highest BCUT2D eigenvalue weighted by molar-refractivity contribution is 5.97. The number of nitrogens with one attached hydrogen (secondary N) is 1. The van der Waals surface area contributed by atoms with Gasteiger partial charge in [-0.1, -0.05) is 0 Å². The molecule has 1 amide bonds. The number of fused-ring (bicyclic) bond motifs is 1. The highest BCUT2D eigenvalue weighted by Gasteiger charge is 2.50. The van der Waals surface area contributed by atoms with Crippen molar-refractivity contribution in [2.45, 2.75) is 82.5 Å². The van der Waals surface area contributed by atoms with Crippen LogP contribution in [0.4, 0.5) is 19.0 Å². The summed E-state index contributed by atoms with van der Waals surface area (Å²) in [6, 6.07) is 4.82. The number of aromatic nitrogens is 3. The lowest BCUT2D eigenvalue weighted by Gasteiger charge is -2.44. The number of amides is 1. The molecule has 1 saturated heterocycles. The van der Waals surface area contributed by atoms with E-state index in [0.717, 1.165) is 61.8 Å². The molecule has 10 nitrogen and oxygen atoms in total. The lowest BCUT2D eigenvalue weighted by molar-refractivity contribution is -0.120. The SMILES string of the molecule is CC(C)N(C(=O)c1cc(F)ccc1Oc1cncnc1N1CCC(Oc2ccnc3c2C(CCN(C)C)NCC3)CC1)C1CC(F)(F)C1. The second-order valence-corrected chi connectivity index (χ2v) is 13.5. The van der Waals surface area contributed by atoms with Crippen molar-refractivity contribution in [2.75, 3.05) is 45.2 Å². The Balaban J connectivity index is 1.15. The van der Waals surface area contributed by atoms with Crippen LogP contribution in [0.25, 0.3) is 0 Å². The van der Waals surface area contributed by atoms with Crippen LogP contribution in [-0.2, 0) is 6.42 Å². The van der Waals surface area contributed by atoms with Crippen LogP contribution in [-0.4, -0.2) is 95.0 Å². The Kier molecular flexibility index (Phi) is 10.1. The van der Waals surface area contributed by atoms with Gasteiger partial charge in [-0.3, -0.25) is 9.78 Å². The number of ether oxygens (including phenoxy) is 2. The van der Waals surface area contributed by atoms with Crippen molar-refractivity contribution < 1.29 is 27.4 Å². The highest BCUT2D eigenvalue weighted by Crippen LogP contribution is 2.43. The normalized spacial score (nSPS) is 19.6. The van der Waals surface area contributed by atoms with E-state index >= 15 is 0 Å². The molecule has 258 valence electrons. The Morgan fingerprint density at radius 3 is 2.58 bits per heavy atom. The Morgan fingerprint density at radius 2 is 1.88 bits per heavy atom. The minimum atomic E-state index is -2.81. The monoisotopic (exact) mass is 667 g/mol. The van der Waals surface area contributed by atoms with Crippen LogP contribution in [0, 0.1) is 5.82 Å². The summed E-state index contributed by atoms with van der Waals surface area (Å²) in [7, 11) is 4.15. The van der Waals surface area contributed by atoms with Crippen molar-refractivity contribution in [1.82, 2.24) is 30.1 Å². The molecule has 4 heterocycles. The molecule has 0 radical (unpaired) electrons. The molecular formula is C35H44F3N7O3. The highest BCUT2D eigenvalue weighted by atomic mass is 19.3. The van der Waals surface area contributed by atoms with Gasteiger partial charge in [0.1, 0.15) is 29.7 Å². The molecule has 1 N–H and O–H groups in total. The van der Waals surface area contributed by atoms with E-state index in [1.54, 1.807) is 13.8 Å². The quantitative estimate of drug-likeness (QED) is 0.279. The third kappa shape index (κ3) is 7.52. The van der Waals surface area contributed by atoms with Gasteiger partial charge in [0, 0.05) is 81.6 Å². The van der Waals surface area contributed by atoms with Gasteiger partial charge >= 0.3 is 0 Å². The van der Waals surface area contributed by atoms with Crippen LogP contribution in [0.5, 0.6) is 17.2 Å². The fraction of sp³-hybridized carbons (Fsp3) is 0.543. The molecule has 1 unspecified atom stereocenters. The number of carbonyl (C=O) groups excluding carboxylic acids is 1. The number of carbonyl (C=O) groups is 1. The maximum atomic E-state index is 14.5. The number of halogens is 3. The maximum Gasteiger partial charge on any atom is 0.258 e. The molecule has 3 aromatic rings. The fourth-order valence-electron chi connectivity index (χ4n) is 6.92. The van der Waals surface area contributed by atoms with Crippen LogP contribution in [0.3, 0.4) is 0 Å². The molecule has 1 saturated carbocycles. The standard InChI is InChI=1S/C35H44F3N7O3/c1-22(2)45(24-18-35(37,38)19-24)34(46)26-17-23(36)5-6-29(26)48-31-20-39-21-42-33(31)44-15-9-25(10-16-44)47-30-8-13-41-27-7-12-40-28(32(27)30)11-14-43(3)4/h5-6,8,13,17,20-22,24-25,28,40H,7,9-12,14-16,18-19H2,1-4H3. The first kappa shape index (κ1) is 33.9. The van der Waals surface area contributed by atoms with Gasteiger partial charge in [0.2, 0.25) is 0 Å². The summed E-state index contributed by atoms with van der Waals surface area (Å²) in [4.78, 5) is 32.7. The van der Waals surface area contributed by atoms with E-state index in [9.17, 15) is 18.0 Å². The zero-order valence-corrected chi connectivity index (χ0v) is 28.0. The average Bonchev–Trinajstić information content (AvgIpc) is 3.04. The Hall–Kier alpha value is -3.97. The van der Waals surface area contributed by atoms with Gasteiger partial charge in [-0.25, -0.2) is 23.1 Å². The first-order chi connectivity index (χ1) is 23.0. The number of anilines is 1. The number of alkyl halides is 2. The van der Waals surface area contributed by atoms with Gasteiger partial charge in [0.25, 0.3) is 11.8 Å². The molecule has 0 spiro atoms. The second-order valence-electron chi connectivity index (χ2n) is 13.5. The molecule has 2 fully saturated rings. The molecule has 0 bridgehead atoms. The van der Waals surface area contributed by atoms with Crippen molar-refractivity contribution in [3.05, 3.63) is 65.6 Å². The lowest BCUT2D eigenvalue weighted by atomic mass is 9.85. The third-order valence-electron chi connectivity index (χ3n) is 9.34. The number of piperidine rings is 1. The number of hydrogen-bond donors (Lipinski definition) is 1. The smallest absolute Gasteiger partial charge is 0.258 e. The van der Waals surface area contributed by atoms with Crippen LogP contribution in [0.15, 0.2) is 43.0 Å². The predicted molar refractivity (Wildman–Crippen MR) is 175 cm³/mol. The van der Waals surface area contributed by atoms with Crippen LogP contribution < -0.4 is 19.7 Å². The van der Waals surface area contributed by atoms with Gasteiger partial charge in [-0.05, 0) is 65.2 Å². The summed E-state index contributed by atoms with van der Waals surface area (Å²) in [6.45, 7) is 6.64. The van der Waals surface area contributed by atoms with Gasteiger partial charge in [-0.15, -0.1) is 0 Å². The molecule has 1 atom stereocenters. The summed E-state index contributed by atoms with van der Waals surface area (Å²) < 4.78 is 54.8. The molecule has 3 aliphatic rings. The summed E-state index contributed by atoms with van der Waals surface area (Å²) in [6.07, 6.45) is 7.25. The van der Waals surface area contributed by atoms with E-state index in [0.29, 0.717) is 24.7 Å². The summed E-state index contributed by atoms with van der Waals surface area (Å²) in [5.74, 6) is -2.16. The first-order valence-corrected chi connectivity index (χ1v) is 16.7. The van der Waals surface area contributed by atoms with E-state index in [4.69, 9.17) is 9.47 Å². The minimum absolute atomic E-state index is 0.00222. The fourth-order valence-corrected chi connectivity index (χ4v) is 6.92. The van der Waals surface area contributed by atoms with E-state index in [2.05, 4.69) is 44.2 Å². The topological polar surface area (TPSA) is 96.0 Å². The molecular weight excluding hydrogens is 623 g/mol. The largest absolute Gasteiger partial charge is 0.490 e. The number of rotatable bonds is 11. The van der Waals surface area contributed by atoms with Gasteiger partial charge in [0.15, 0.2) is 11.6 Å². The zero-order chi connectivity index (χ0) is 34.0. The number of nitrogens with zero attached hydrogens (tertiary/aromatic N) is 6. The minimum Gasteiger partial charge on any atom is -0.490 e. The van der Waals surface area contributed by atoms with Crippen molar-refractivity contribution in [1.29, 1.82) is 0 Å². The Labute approximate surface area is 279 Å². The van der Waals surface area contributed by atoms with E-state index in [-0.39, 0.29) is 29.5 Å². The zero-order valence-electron chi connectivity index (χ0n) is 28.0. The second kappa shape index (κ2) is 14.3. The van der Waals surface area contributed by atoms with Crippen LogP contribution in [0.1, 0.15) is 73.6 Å². The van der Waals surface area contributed by atoms with Crippen LogP contribution in [0.2, 0.25) is 0 Å². The first-order valence-electron chi connectivity index (χ1n) is 16.7. The van der Waals surface area contributed by atoms with Crippen LogP contribution >= 0.6 is 0 Å². The van der Waals surface area contributed by atoms with E-state index in [1.165, 1.54) is 29.6 Å². The van der Waals surface area contributed by atoms with Crippen molar-refractivity contribution in [2.24, 2.45) is 0 Å². The Bertz CT molecular complexity index is 1590. The van der Waals surface area contributed by atoms with Gasteiger partial charge < -0.3 is 29.5 Å². The lowest BCUT2D eigenvalue weighted by Crippen LogP contribution is -2.55. The number of benzene rings is 1. The molecule has 1 aliphatic carbocycles. The predicted octanol–water partition coefficient (Wildman–Crippen LogP) is 5.64. The summed E-state index contributed by atoms with van der Waals surface area (Å²) >= 11 is 0. The van der Waals surface area contributed by atoms with E-state index in [1.807, 2.05) is 12.3 Å².